The molecule has 0 saturated carbocycles. The standard InChI is InChI=1S/C16H27BrO2Si/c1-7-8-11-18-14-10-9-13(17)12-15(14)19-20(5,6)16(2,3)4/h9-10,12H,7-8,11H2,1-6H3. The Kier molecular flexibility index (Phi) is 6.14. The minimum atomic E-state index is -1.85. The van der Waals surface area contributed by atoms with Gasteiger partial charge in [0, 0.05) is 4.47 Å². The van der Waals surface area contributed by atoms with Gasteiger partial charge in [-0.3, -0.25) is 0 Å². The van der Waals surface area contributed by atoms with Gasteiger partial charge in [-0.25, -0.2) is 0 Å². The van der Waals surface area contributed by atoms with E-state index in [2.05, 4.69) is 56.7 Å². The van der Waals surface area contributed by atoms with Crippen LogP contribution >= 0.6 is 15.9 Å². The van der Waals surface area contributed by atoms with Gasteiger partial charge in [0.25, 0.3) is 8.32 Å². The molecule has 0 radical (unpaired) electrons. The van der Waals surface area contributed by atoms with Crippen molar-refractivity contribution in [2.24, 2.45) is 0 Å². The van der Waals surface area contributed by atoms with Gasteiger partial charge in [-0.2, -0.15) is 0 Å². The topological polar surface area (TPSA) is 18.5 Å². The summed E-state index contributed by atoms with van der Waals surface area (Å²) in [6.45, 7) is 14.1. The maximum absolute atomic E-state index is 6.39. The highest BCUT2D eigenvalue weighted by Gasteiger charge is 2.39. The van der Waals surface area contributed by atoms with E-state index in [4.69, 9.17) is 9.16 Å². The Balaban J connectivity index is 2.95. The van der Waals surface area contributed by atoms with Gasteiger partial charge in [-0.1, -0.05) is 50.0 Å². The second kappa shape index (κ2) is 6.99. The van der Waals surface area contributed by atoms with Gasteiger partial charge < -0.3 is 9.16 Å². The Bertz CT molecular complexity index is 439. The van der Waals surface area contributed by atoms with Crippen LogP contribution in [0.2, 0.25) is 18.1 Å². The van der Waals surface area contributed by atoms with Gasteiger partial charge in [-0.05, 0) is 42.8 Å². The van der Waals surface area contributed by atoms with Crippen molar-refractivity contribution in [1.29, 1.82) is 0 Å². The Labute approximate surface area is 133 Å². The highest BCUT2D eigenvalue weighted by atomic mass is 79.9. The first kappa shape index (κ1) is 17.6. The van der Waals surface area contributed by atoms with Crippen LogP contribution in [0.1, 0.15) is 40.5 Å². The molecule has 114 valence electrons. The second-order valence-electron chi connectivity index (χ2n) is 6.66. The number of hydrogen-bond donors (Lipinski definition) is 0. The fourth-order valence-electron chi connectivity index (χ4n) is 1.44. The third-order valence-corrected chi connectivity index (χ3v) is 8.67. The number of halogens is 1. The summed E-state index contributed by atoms with van der Waals surface area (Å²) in [4.78, 5) is 0. The molecule has 0 N–H and O–H groups in total. The molecule has 1 aromatic carbocycles. The molecule has 20 heavy (non-hydrogen) atoms. The molecule has 0 atom stereocenters. The zero-order chi connectivity index (χ0) is 15.4. The number of hydrogen-bond acceptors (Lipinski definition) is 2. The molecule has 0 aliphatic carbocycles. The van der Waals surface area contributed by atoms with Crippen molar-refractivity contribution in [3.05, 3.63) is 22.7 Å². The van der Waals surface area contributed by atoms with Crippen LogP contribution in [-0.2, 0) is 0 Å². The predicted molar refractivity (Wildman–Crippen MR) is 92.4 cm³/mol. The first-order chi connectivity index (χ1) is 9.17. The summed E-state index contributed by atoms with van der Waals surface area (Å²) in [7, 11) is -1.85. The zero-order valence-electron chi connectivity index (χ0n) is 13.5. The van der Waals surface area contributed by atoms with Crippen molar-refractivity contribution in [2.45, 2.75) is 58.7 Å². The van der Waals surface area contributed by atoms with Gasteiger partial charge in [-0.15, -0.1) is 0 Å². The Hall–Kier alpha value is -0.483. The lowest BCUT2D eigenvalue weighted by atomic mass is 10.2. The number of rotatable bonds is 6. The maximum atomic E-state index is 6.39. The van der Waals surface area contributed by atoms with E-state index in [-0.39, 0.29) is 5.04 Å². The van der Waals surface area contributed by atoms with Crippen molar-refractivity contribution in [1.82, 2.24) is 0 Å². The Morgan fingerprint density at radius 1 is 1.15 bits per heavy atom. The molecule has 0 aliphatic rings. The van der Waals surface area contributed by atoms with Gasteiger partial charge in [0.15, 0.2) is 5.75 Å². The number of benzene rings is 1. The molecule has 0 fully saturated rings. The van der Waals surface area contributed by atoms with Crippen LogP contribution in [0.15, 0.2) is 22.7 Å². The lowest BCUT2D eigenvalue weighted by molar-refractivity contribution is 0.298. The molecule has 0 amide bonds. The summed E-state index contributed by atoms with van der Waals surface area (Å²) in [5.74, 6) is 1.72. The minimum Gasteiger partial charge on any atom is -0.541 e. The molecule has 2 nitrogen and oxygen atoms in total. The first-order valence-electron chi connectivity index (χ1n) is 7.29. The van der Waals surface area contributed by atoms with Crippen LogP contribution in [0.3, 0.4) is 0 Å². The van der Waals surface area contributed by atoms with Crippen LogP contribution in [-0.4, -0.2) is 14.9 Å². The summed E-state index contributed by atoms with van der Waals surface area (Å²) in [6, 6.07) is 6.00. The van der Waals surface area contributed by atoms with Crippen molar-refractivity contribution < 1.29 is 9.16 Å². The number of unbranched alkanes of at least 4 members (excludes halogenated alkanes) is 1. The molecule has 0 heterocycles. The van der Waals surface area contributed by atoms with Gasteiger partial charge in [0.1, 0.15) is 5.75 Å². The normalized spacial score (nSPS) is 12.3. The second-order valence-corrected chi connectivity index (χ2v) is 12.3. The molecular weight excluding hydrogens is 332 g/mol. The van der Waals surface area contributed by atoms with E-state index in [0.29, 0.717) is 0 Å². The van der Waals surface area contributed by atoms with E-state index in [1.165, 1.54) is 0 Å². The largest absolute Gasteiger partial charge is 0.541 e. The average molecular weight is 359 g/mol. The summed E-state index contributed by atoms with van der Waals surface area (Å²) in [5.41, 5.74) is 0. The highest BCUT2D eigenvalue weighted by Crippen LogP contribution is 2.40. The van der Waals surface area contributed by atoms with Crippen LogP contribution in [0.25, 0.3) is 0 Å². The molecular formula is C16H27BrO2Si. The van der Waals surface area contributed by atoms with E-state index >= 15 is 0 Å². The lowest BCUT2D eigenvalue weighted by Gasteiger charge is -2.36. The third kappa shape index (κ3) is 4.81. The van der Waals surface area contributed by atoms with Crippen molar-refractivity contribution >= 4 is 24.2 Å². The average Bonchev–Trinajstić information content (AvgIpc) is 2.30. The molecule has 0 aliphatic heterocycles. The summed E-state index contributed by atoms with van der Waals surface area (Å²) < 4.78 is 13.3. The van der Waals surface area contributed by atoms with E-state index in [1.54, 1.807) is 0 Å². The van der Waals surface area contributed by atoms with Gasteiger partial charge >= 0.3 is 0 Å². The smallest absolute Gasteiger partial charge is 0.250 e. The minimum absolute atomic E-state index is 0.177. The molecule has 0 spiro atoms. The molecule has 1 aromatic rings. The van der Waals surface area contributed by atoms with E-state index < -0.39 is 8.32 Å². The molecule has 4 heteroatoms. The molecule has 0 unspecified atom stereocenters. The van der Waals surface area contributed by atoms with Crippen LogP contribution in [0.4, 0.5) is 0 Å². The quantitative estimate of drug-likeness (QED) is 0.457. The van der Waals surface area contributed by atoms with Gasteiger partial charge in [0.2, 0.25) is 0 Å². The van der Waals surface area contributed by atoms with E-state index in [1.807, 2.05) is 18.2 Å². The van der Waals surface area contributed by atoms with Gasteiger partial charge in [0.05, 0.1) is 6.61 Å². The number of ether oxygens (including phenoxy) is 1. The SMILES string of the molecule is CCCCOc1ccc(Br)cc1O[Si](C)(C)C(C)(C)C. The van der Waals surface area contributed by atoms with Crippen molar-refractivity contribution in [3.63, 3.8) is 0 Å². The van der Waals surface area contributed by atoms with Crippen LogP contribution in [0, 0.1) is 0 Å². The molecule has 0 bridgehead atoms. The first-order valence-corrected chi connectivity index (χ1v) is 11.0. The third-order valence-electron chi connectivity index (χ3n) is 3.83. The zero-order valence-corrected chi connectivity index (χ0v) is 16.1. The lowest BCUT2D eigenvalue weighted by Crippen LogP contribution is -2.43. The summed E-state index contributed by atoms with van der Waals surface area (Å²) >= 11 is 3.52. The Morgan fingerprint density at radius 3 is 2.35 bits per heavy atom. The monoisotopic (exact) mass is 358 g/mol. The Morgan fingerprint density at radius 2 is 1.80 bits per heavy atom. The van der Waals surface area contributed by atoms with Crippen molar-refractivity contribution in [2.75, 3.05) is 6.61 Å². The van der Waals surface area contributed by atoms with E-state index in [9.17, 15) is 0 Å². The molecule has 0 saturated heterocycles. The summed E-state index contributed by atoms with van der Waals surface area (Å²) in [5, 5.41) is 0.177. The fourth-order valence-corrected chi connectivity index (χ4v) is 2.79. The molecule has 0 aromatic heterocycles. The summed E-state index contributed by atoms with van der Waals surface area (Å²) in [6.07, 6.45) is 2.20. The fraction of sp³-hybridized carbons (Fsp3) is 0.625. The van der Waals surface area contributed by atoms with E-state index in [0.717, 1.165) is 35.4 Å². The predicted octanol–water partition coefficient (Wildman–Crippen LogP) is 6.01. The van der Waals surface area contributed by atoms with Crippen LogP contribution < -0.4 is 9.16 Å². The molecule has 1 rings (SSSR count). The van der Waals surface area contributed by atoms with Crippen molar-refractivity contribution in [3.8, 4) is 11.5 Å². The highest BCUT2D eigenvalue weighted by molar-refractivity contribution is 9.10. The maximum Gasteiger partial charge on any atom is 0.250 e. The van der Waals surface area contributed by atoms with Crippen LogP contribution in [0.5, 0.6) is 11.5 Å².